The quantitative estimate of drug-likeness (QED) is 0.439. The van der Waals surface area contributed by atoms with Crippen molar-refractivity contribution in [3.8, 4) is 0 Å². The van der Waals surface area contributed by atoms with Crippen LogP contribution in [0.2, 0.25) is 0 Å². The molecule has 5 nitrogen and oxygen atoms in total. The Hall–Kier alpha value is -1.01. The Bertz CT molecular complexity index is 563. The topological polar surface area (TPSA) is 65.4 Å². The second-order valence-corrected chi connectivity index (χ2v) is 7.41. The zero-order valence-corrected chi connectivity index (χ0v) is 13.5. The first-order chi connectivity index (χ1) is 9.27. The molecule has 0 aliphatic heterocycles. The van der Waals surface area contributed by atoms with E-state index in [1.165, 1.54) is 12.3 Å². The van der Waals surface area contributed by atoms with Gasteiger partial charge in [-0.1, -0.05) is 19.8 Å². The molecule has 0 N–H and O–H groups in total. The Morgan fingerprint density at radius 3 is 2.55 bits per heavy atom. The fourth-order valence-electron chi connectivity index (χ4n) is 1.77. The highest BCUT2D eigenvalue weighted by Gasteiger charge is 2.22. The van der Waals surface area contributed by atoms with Crippen molar-refractivity contribution in [2.24, 2.45) is 0 Å². The van der Waals surface area contributed by atoms with E-state index in [9.17, 15) is 13.2 Å². The van der Waals surface area contributed by atoms with Crippen LogP contribution in [-0.2, 0) is 13.8 Å². The number of esters is 1. The molecule has 0 amide bonds. The first-order valence-electron chi connectivity index (χ1n) is 6.61. The van der Waals surface area contributed by atoms with Gasteiger partial charge in [0.25, 0.3) is 9.05 Å². The van der Waals surface area contributed by atoms with Crippen LogP contribution in [-0.4, -0.2) is 25.6 Å². The van der Waals surface area contributed by atoms with Gasteiger partial charge in [0.05, 0.1) is 6.61 Å². The Morgan fingerprint density at radius 1 is 1.40 bits per heavy atom. The molecule has 0 aliphatic rings. The summed E-state index contributed by atoms with van der Waals surface area (Å²) in [6.07, 6.45) is 4.18. The van der Waals surface area contributed by atoms with Crippen LogP contribution in [0.5, 0.6) is 0 Å². The van der Waals surface area contributed by atoms with Crippen molar-refractivity contribution in [1.29, 1.82) is 0 Å². The predicted molar refractivity (Wildman–Crippen MR) is 77.7 cm³/mol. The molecular weight excluding hydrogens is 302 g/mol. The van der Waals surface area contributed by atoms with Crippen molar-refractivity contribution in [2.75, 3.05) is 6.61 Å². The third-order valence-corrected chi connectivity index (χ3v) is 4.17. The monoisotopic (exact) mass is 321 g/mol. The molecule has 114 valence electrons. The second-order valence-electron chi connectivity index (χ2n) is 4.84. The minimum absolute atomic E-state index is 0.0691. The van der Waals surface area contributed by atoms with Crippen LogP contribution in [0.3, 0.4) is 0 Å². The highest BCUT2D eigenvalue weighted by atomic mass is 35.7. The number of rotatable bonds is 7. The van der Waals surface area contributed by atoms with Gasteiger partial charge in [0, 0.05) is 22.9 Å². The van der Waals surface area contributed by atoms with Gasteiger partial charge in [-0.2, -0.15) is 0 Å². The van der Waals surface area contributed by atoms with Crippen molar-refractivity contribution in [3.63, 3.8) is 0 Å². The van der Waals surface area contributed by atoms with E-state index in [4.69, 9.17) is 15.4 Å². The van der Waals surface area contributed by atoms with Gasteiger partial charge in [-0.3, -0.25) is 0 Å². The number of hydrogen-bond acceptors (Lipinski definition) is 4. The first kappa shape index (κ1) is 17.0. The number of nitrogens with zero attached hydrogens (tertiary/aromatic N) is 1. The minimum Gasteiger partial charge on any atom is -0.461 e. The van der Waals surface area contributed by atoms with Crippen LogP contribution in [0.4, 0.5) is 0 Å². The summed E-state index contributed by atoms with van der Waals surface area (Å²) in [6.45, 7) is 6.08. The summed E-state index contributed by atoms with van der Waals surface area (Å²) in [7, 11) is 1.45. The third-order valence-electron chi connectivity index (χ3n) is 2.85. The molecule has 0 saturated carbocycles. The summed E-state index contributed by atoms with van der Waals surface area (Å²) in [4.78, 5) is 11.9. The van der Waals surface area contributed by atoms with E-state index in [1.807, 2.05) is 13.8 Å². The molecule has 20 heavy (non-hydrogen) atoms. The number of hydrogen-bond donors (Lipinski definition) is 0. The van der Waals surface area contributed by atoms with Crippen LogP contribution < -0.4 is 0 Å². The fraction of sp³-hybridized carbons (Fsp3) is 0.615. The van der Waals surface area contributed by atoms with Crippen LogP contribution in [0.25, 0.3) is 0 Å². The molecule has 1 aromatic rings. The van der Waals surface area contributed by atoms with Gasteiger partial charge in [0.2, 0.25) is 0 Å². The van der Waals surface area contributed by atoms with Crippen LogP contribution in [0, 0.1) is 0 Å². The van der Waals surface area contributed by atoms with Crippen LogP contribution >= 0.6 is 10.7 Å². The lowest BCUT2D eigenvalue weighted by Crippen LogP contribution is -2.13. The van der Waals surface area contributed by atoms with Gasteiger partial charge in [0.1, 0.15) is 10.6 Å². The summed E-state index contributed by atoms with van der Waals surface area (Å²) in [6, 6.07) is 1.19. The molecule has 0 unspecified atom stereocenters. The van der Waals surface area contributed by atoms with E-state index in [0.717, 1.165) is 19.3 Å². The Kier molecular flexibility index (Phi) is 6.07. The summed E-state index contributed by atoms with van der Waals surface area (Å²) in [5.41, 5.74) is 0.204. The molecule has 0 aromatic carbocycles. The number of aromatic nitrogens is 1. The molecule has 0 saturated heterocycles. The average Bonchev–Trinajstić information content (AvgIpc) is 2.79. The lowest BCUT2D eigenvalue weighted by Gasteiger charge is -2.12. The number of ether oxygens (including phenoxy) is 1. The van der Waals surface area contributed by atoms with Crippen molar-refractivity contribution in [1.82, 2.24) is 4.57 Å². The fourth-order valence-corrected chi connectivity index (χ4v) is 2.51. The van der Waals surface area contributed by atoms with E-state index in [1.54, 1.807) is 4.57 Å². The van der Waals surface area contributed by atoms with Gasteiger partial charge < -0.3 is 9.30 Å². The molecule has 1 heterocycles. The zero-order chi connectivity index (χ0) is 15.3. The lowest BCUT2D eigenvalue weighted by atomic mass is 10.3. The molecule has 0 radical (unpaired) electrons. The molecule has 0 atom stereocenters. The molecule has 7 heteroatoms. The molecule has 0 fully saturated rings. The highest BCUT2D eigenvalue weighted by Crippen LogP contribution is 2.22. The number of unbranched alkanes of at least 4 members (excludes halogenated alkanes) is 2. The Morgan fingerprint density at radius 2 is 2.05 bits per heavy atom. The molecule has 1 rings (SSSR count). The largest absolute Gasteiger partial charge is 0.461 e. The zero-order valence-electron chi connectivity index (χ0n) is 11.9. The molecular formula is C13H20ClNO4S. The van der Waals surface area contributed by atoms with Crippen LogP contribution in [0.15, 0.2) is 17.2 Å². The smallest absolute Gasteiger partial charge is 0.354 e. The van der Waals surface area contributed by atoms with E-state index in [0.29, 0.717) is 6.61 Å². The van der Waals surface area contributed by atoms with Gasteiger partial charge in [-0.05, 0) is 26.3 Å². The standard InChI is InChI=1S/C13H20ClNO4S/c1-4-5-6-7-19-13(16)12-8-11(20(14,17)18)9-15(12)10(2)3/h8-10H,4-7H2,1-3H3. The van der Waals surface area contributed by atoms with E-state index in [2.05, 4.69) is 6.92 Å². The minimum atomic E-state index is -3.86. The molecule has 0 bridgehead atoms. The van der Waals surface area contributed by atoms with Crippen molar-refractivity contribution < 1.29 is 17.9 Å². The maximum Gasteiger partial charge on any atom is 0.354 e. The number of carbonyl (C=O) groups excluding carboxylic acids is 1. The van der Waals surface area contributed by atoms with Gasteiger partial charge in [-0.15, -0.1) is 0 Å². The van der Waals surface area contributed by atoms with Crippen molar-refractivity contribution in [3.05, 3.63) is 18.0 Å². The van der Waals surface area contributed by atoms with E-state index < -0.39 is 15.0 Å². The summed E-state index contributed by atoms with van der Waals surface area (Å²) < 4.78 is 29.4. The predicted octanol–water partition coefficient (Wildman–Crippen LogP) is 3.34. The molecule has 0 aliphatic carbocycles. The average molecular weight is 322 g/mol. The molecule has 0 spiro atoms. The van der Waals surface area contributed by atoms with E-state index in [-0.39, 0.29) is 16.6 Å². The van der Waals surface area contributed by atoms with E-state index >= 15 is 0 Å². The normalized spacial score (nSPS) is 11.8. The maximum atomic E-state index is 12.0. The molecule has 1 aromatic heterocycles. The summed E-state index contributed by atoms with van der Waals surface area (Å²) in [5, 5.41) is 0. The summed E-state index contributed by atoms with van der Waals surface area (Å²) >= 11 is 0. The maximum absolute atomic E-state index is 12.0. The van der Waals surface area contributed by atoms with Gasteiger partial charge in [0.15, 0.2) is 0 Å². The Balaban J connectivity index is 2.92. The third kappa shape index (κ3) is 4.52. The van der Waals surface area contributed by atoms with Gasteiger partial charge in [-0.25, -0.2) is 13.2 Å². The SMILES string of the molecule is CCCCCOC(=O)c1cc(S(=O)(=O)Cl)cn1C(C)C. The van der Waals surface area contributed by atoms with Crippen molar-refractivity contribution in [2.45, 2.75) is 51.0 Å². The summed E-state index contributed by atoms with van der Waals surface area (Å²) in [5.74, 6) is -0.527. The van der Waals surface area contributed by atoms with Crippen LogP contribution in [0.1, 0.15) is 56.6 Å². The first-order valence-corrected chi connectivity index (χ1v) is 8.92. The highest BCUT2D eigenvalue weighted by molar-refractivity contribution is 8.13. The number of carbonyl (C=O) groups is 1. The Labute approximate surface area is 124 Å². The number of halogens is 1. The lowest BCUT2D eigenvalue weighted by molar-refractivity contribution is 0.0484. The van der Waals surface area contributed by atoms with Crippen molar-refractivity contribution >= 4 is 25.7 Å². The second kappa shape index (κ2) is 7.13. The van der Waals surface area contributed by atoms with Gasteiger partial charge >= 0.3 is 5.97 Å².